The normalized spacial score (nSPS) is 12.7. The second-order valence-corrected chi connectivity index (χ2v) is 16.7. The quantitative estimate of drug-likeness (QED) is 0.170. The first-order chi connectivity index (χ1) is 26.9. The van der Waals surface area contributed by atoms with E-state index in [9.17, 15) is 0 Å². The summed E-state index contributed by atoms with van der Waals surface area (Å²) in [6.45, 7) is 8.85. The maximum atomic E-state index is 5.55. The average molecular weight is 724 g/mol. The molecule has 3 heterocycles. The summed E-state index contributed by atoms with van der Waals surface area (Å²) in [5.41, 5.74) is 7.72. The molecule has 0 aliphatic carbocycles. The summed E-state index contributed by atoms with van der Waals surface area (Å²) < 4.78 is 4.92. The van der Waals surface area contributed by atoms with Crippen LogP contribution < -0.4 is 0 Å². The number of allylic oxidation sites excluding steroid dienone is 1. The fraction of sp³-hybridized carbons (Fsp3) is 0.0980. The van der Waals surface area contributed by atoms with Gasteiger partial charge in [-0.15, -0.1) is 11.3 Å². The Bertz CT molecular complexity index is 3410. The van der Waals surface area contributed by atoms with Gasteiger partial charge in [0.25, 0.3) is 0 Å². The number of fused-ring (bicyclic) bond motifs is 16. The molecular formula is C51H37N3S. The zero-order valence-electron chi connectivity index (χ0n) is 31.2. The van der Waals surface area contributed by atoms with Crippen molar-refractivity contribution in [2.45, 2.75) is 33.1 Å². The van der Waals surface area contributed by atoms with Crippen LogP contribution in [0, 0.1) is 0 Å². The third-order valence-corrected chi connectivity index (χ3v) is 12.6. The third kappa shape index (κ3) is 4.68. The maximum Gasteiger partial charge on any atom is 0.235 e. The Balaban J connectivity index is 1.36. The van der Waals surface area contributed by atoms with E-state index in [2.05, 4.69) is 184 Å². The van der Waals surface area contributed by atoms with Gasteiger partial charge in [0, 0.05) is 42.6 Å². The van der Waals surface area contributed by atoms with Gasteiger partial charge in [0.15, 0.2) is 0 Å². The van der Waals surface area contributed by atoms with Gasteiger partial charge in [0.1, 0.15) is 0 Å². The highest BCUT2D eigenvalue weighted by Gasteiger charge is 2.26. The Hall–Kier alpha value is -6.36. The monoisotopic (exact) mass is 723 g/mol. The molecule has 11 aromatic rings. The molecule has 0 amide bonds. The van der Waals surface area contributed by atoms with Crippen LogP contribution in [0.1, 0.15) is 38.8 Å². The van der Waals surface area contributed by atoms with E-state index in [-0.39, 0.29) is 5.41 Å². The van der Waals surface area contributed by atoms with Crippen LogP contribution in [0.3, 0.4) is 0 Å². The van der Waals surface area contributed by atoms with Crippen LogP contribution in [0.25, 0.3) is 108 Å². The summed E-state index contributed by atoms with van der Waals surface area (Å²) in [5.74, 6) is 0.677. The molecule has 0 aliphatic heterocycles. The number of aromatic nitrogens is 3. The summed E-state index contributed by atoms with van der Waals surface area (Å²) in [5, 5.41) is 13.7. The van der Waals surface area contributed by atoms with Gasteiger partial charge in [-0.05, 0) is 68.6 Å². The summed E-state index contributed by atoms with van der Waals surface area (Å²) in [7, 11) is 0. The molecular weight excluding hydrogens is 687 g/mol. The van der Waals surface area contributed by atoms with E-state index in [0.717, 1.165) is 33.2 Å². The highest BCUT2D eigenvalue weighted by atomic mass is 32.1. The lowest BCUT2D eigenvalue weighted by molar-refractivity contribution is 0.590. The smallest absolute Gasteiger partial charge is 0.235 e. The van der Waals surface area contributed by atoms with E-state index >= 15 is 0 Å². The van der Waals surface area contributed by atoms with Crippen LogP contribution in [-0.2, 0) is 5.41 Å². The van der Waals surface area contributed by atoms with Crippen molar-refractivity contribution < 1.29 is 0 Å². The SMILES string of the molecule is C/C=C/c1ccc2c(c1)c1c3ccccc3c3c(sc4c5ccccc5c5ccccc5c43)c1n2-c1nc(-c2ccc(C(C)(C)C)cc2)c2ccccc2n1. The lowest BCUT2D eigenvalue weighted by Gasteiger charge is -2.19. The molecule has 3 nitrogen and oxygen atoms in total. The molecule has 3 aromatic heterocycles. The van der Waals surface area contributed by atoms with Crippen LogP contribution >= 0.6 is 11.3 Å². The van der Waals surface area contributed by atoms with Gasteiger partial charge in [0.05, 0.1) is 26.9 Å². The van der Waals surface area contributed by atoms with Crippen LogP contribution in [0.5, 0.6) is 0 Å². The number of para-hydroxylation sites is 1. The van der Waals surface area contributed by atoms with Crippen molar-refractivity contribution in [2.75, 3.05) is 0 Å². The molecule has 262 valence electrons. The molecule has 0 saturated heterocycles. The van der Waals surface area contributed by atoms with Crippen molar-refractivity contribution in [2.24, 2.45) is 0 Å². The van der Waals surface area contributed by atoms with E-state index in [4.69, 9.17) is 9.97 Å². The Labute approximate surface area is 322 Å². The van der Waals surface area contributed by atoms with Gasteiger partial charge in [-0.3, -0.25) is 4.57 Å². The van der Waals surface area contributed by atoms with E-state index < -0.39 is 0 Å². The van der Waals surface area contributed by atoms with Gasteiger partial charge >= 0.3 is 0 Å². The van der Waals surface area contributed by atoms with E-state index in [1.54, 1.807) is 0 Å². The molecule has 0 radical (unpaired) electrons. The van der Waals surface area contributed by atoms with Crippen LogP contribution in [0.4, 0.5) is 0 Å². The minimum atomic E-state index is 0.0568. The molecule has 11 rings (SSSR count). The van der Waals surface area contributed by atoms with Crippen molar-refractivity contribution in [1.29, 1.82) is 0 Å². The summed E-state index contributed by atoms with van der Waals surface area (Å²) >= 11 is 1.91. The standard InChI is InChI=1S/C51H37N3S/c1-5-14-30-23-28-42-40(29-30)43-36-18-9-10-19-37(36)45-44-35-17-8-6-15-33(35)34-16-7-11-20-38(34)48(44)55-49(45)47(43)54(42)50-52-41-22-13-12-21-39(41)46(53-50)31-24-26-32(27-25-31)51(2,3)4/h5-29H,1-4H3/b14-5+. The van der Waals surface area contributed by atoms with Gasteiger partial charge in [-0.1, -0.05) is 154 Å². The fourth-order valence-electron chi connectivity index (χ4n) is 8.89. The van der Waals surface area contributed by atoms with Crippen molar-refractivity contribution >= 4 is 103 Å². The molecule has 0 aliphatic rings. The number of nitrogens with zero attached hydrogens (tertiary/aromatic N) is 3. The van der Waals surface area contributed by atoms with Crippen molar-refractivity contribution in [3.05, 3.63) is 157 Å². The lowest BCUT2D eigenvalue weighted by atomic mass is 9.86. The van der Waals surface area contributed by atoms with E-state index in [1.807, 2.05) is 11.3 Å². The Morgan fingerprint density at radius 1 is 0.545 bits per heavy atom. The summed E-state index contributed by atoms with van der Waals surface area (Å²) in [6.07, 6.45) is 4.30. The van der Waals surface area contributed by atoms with Crippen LogP contribution in [0.2, 0.25) is 0 Å². The van der Waals surface area contributed by atoms with Gasteiger partial charge < -0.3 is 0 Å². The second kappa shape index (κ2) is 11.8. The van der Waals surface area contributed by atoms with Gasteiger partial charge in [-0.25, -0.2) is 9.97 Å². The minimum Gasteiger partial charge on any atom is -0.276 e. The molecule has 0 bridgehead atoms. The zero-order chi connectivity index (χ0) is 37.0. The lowest BCUT2D eigenvalue weighted by Crippen LogP contribution is -2.10. The predicted molar refractivity (Wildman–Crippen MR) is 238 cm³/mol. The average Bonchev–Trinajstić information content (AvgIpc) is 3.78. The van der Waals surface area contributed by atoms with E-state index in [1.165, 1.54) is 74.4 Å². The number of hydrogen-bond donors (Lipinski definition) is 0. The van der Waals surface area contributed by atoms with Gasteiger partial charge in [0.2, 0.25) is 5.95 Å². The Morgan fingerprint density at radius 2 is 1.13 bits per heavy atom. The molecule has 55 heavy (non-hydrogen) atoms. The topological polar surface area (TPSA) is 30.7 Å². The maximum absolute atomic E-state index is 5.55. The third-order valence-electron chi connectivity index (χ3n) is 11.4. The van der Waals surface area contributed by atoms with Crippen molar-refractivity contribution in [1.82, 2.24) is 14.5 Å². The second-order valence-electron chi connectivity index (χ2n) is 15.7. The largest absolute Gasteiger partial charge is 0.276 e. The first kappa shape index (κ1) is 32.1. The minimum absolute atomic E-state index is 0.0568. The molecule has 0 spiro atoms. The highest BCUT2D eigenvalue weighted by Crippen LogP contribution is 2.51. The number of hydrogen-bond acceptors (Lipinski definition) is 3. The molecule has 0 atom stereocenters. The van der Waals surface area contributed by atoms with Crippen molar-refractivity contribution in [3.8, 4) is 17.2 Å². The predicted octanol–water partition coefficient (Wildman–Crippen LogP) is 14.6. The molecule has 4 heteroatoms. The van der Waals surface area contributed by atoms with Crippen LogP contribution in [-0.4, -0.2) is 14.5 Å². The fourth-order valence-corrected chi connectivity index (χ4v) is 10.3. The first-order valence-electron chi connectivity index (χ1n) is 19.0. The molecule has 0 unspecified atom stereocenters. The Morgan fingerprint density at radius 3 is 1.82 bits per heavy atom. The Kier molecular flexibility index (Phi) is 6.90. The highest BCUT2D eigenvalue weighted by molar-refractivity contribution is 7.28. The van der Waals surface area contributed by atoms with Crippen LogP contribution in [0.15, 0.2) is 146 Å². The number of thiophene rings is 1. The van der Waals surface area contributed by atoms with Crippen molar-refractivity contribution in [3.63, 3.8) is 0 Å². The molecule has 8 aromatic carbocycles. The zero-order valence-corrected chi connectivity index (χ0v) is 32.0. The molecule has 0 saturated carbocycles. The van der Waals surface area contributed by atoms with Gasteiger partial charge in [-0.2, -0.15) is 0 Å². The number of rotatable bonds is 3. The van der Waals surface area contributed by atoms with E-state index in [0.29, 0.717) is 5.95 Å². The summed E-state index contributed by atoms with van der Waals surface area (Å²) in [4.78, 5) is 11.0. The molecule has 0 fully saturated rings. The first-order valence-corrected chi connectivity index (χ1v) is 19.9. The summed E-state index contributed by atoms with van der Waals surface area (Å²) in [6, 6.07) is 51.0. The number of benzene rings is 8. The molecule has 0 N–H and O–H groups in total.